The molecule has 0 fully saturated rings. The first-order valence-electron chi connectivity index (χ1n) is 8.91. The van der Waals surface area contributed by atoms with Crippen LogP contribution in [0.15, 0.2) is 60.8 Å². The molecule has 1 aliphatic heterocycles. The van der Waals surface area contributed by atoms with Crippen LogP contribution in [0.3, 0.4) is 0 Å². The van der Waals surface area contributed by atoms with E-state index < -0.39 is 0 Å². The number of anilines is 2. The lowest BCUT2D eigenvalue weighted by Crippen LogP contribution is -2.31. The Morgan fingerprint density at radius 2 is 1.81 bits per heavy atom. The van der Waals surface area contributed by atoms with Gasteiger partial charge in [-0.05, 0) is 47.7 Å². The normalized spacial score (nSPS) is 13.3. The highest BCUT2D eigenvalue weighted by Crippen LogP contribution is 2.23. The van der Waals surface area contributed by atoms with Gasteiger partial charge in [-0.2, -0.15) is 4.98 Å². The first-order valence-corrected chi connectivity index (χ1v) is 9.29. The van der Waals surface area contributed by atoms with Crippen molar-refractivity contribution in [3.05, 3.63) is 82.5 Å². The van der Waals surface area contributed by atoms with Crippen LogP contribution in [0, 0.1) is 0 Å². The number of nitrogens with one attached hydrogen (secondary N) is 1. The van der Waals surface area contributed by atoms with Crippen molar-refractivity contribution in [2.24, 2.45) is 0 Å². The summed E-state index contributed by atoms with van der Waals surface area (Å²) in [7, 11) is 0. The Kier molecular flexibility index (Phi) is 5.02. The monoisotopic (exact) mass is 364 g/mol. The van der Waals surface area contributed by atoms with Gasteiger partial charge in [0, 0.05) is 30.9 Å². The molecule has 1 aromatic heterocycles. The summed E-state index contributed by atoms with van der Waals surface area (Å²) in [5.41, 5.74) is 4.07. The van der Waals surface area contributed by atoms with Crippen LogP contribution in [-0.4, -0.2) is 23.1 Å². The molecular formula is C21H21ClN4. The second-order valence-electron chi connectivity index (χ2n) is 6.48. The van der Waals surface area contributed by atoms with Crippen LogP contribution >= 0.6 is 11.6 Å². The zero-order valence-electron chi connectivity index (χ0n) is 14.5. The Labute approximate surface area is 158 Å². The largest absolute Gasteiger partial charge is 0.354 e. The van der Waals surface area contributed by atoms with Gasteiger partial charge < -0.3 is 10.2 Å². The molecule has 0 unspecified atom stereocenters. The Bertz CT molecular complexity index is 879. The van der Waals surface area contributed by atoms with Gasteiger partial charge in [-0.3, -0.25) is 0 Å². The number of aromatic nitrogens is 2. The molecule has 132 valence electrons. The lowest BCUT2D eigenvalue weighted by molar-refractivity contribution is 0.719. The van der Waals surface area contributed by atoms with Gasteiger partial charge >= 0.3 is 0 Å². The quantitative estimate of drug-likeness (QED) is 0.730. The Morgan fingerprint density at radius 3 is 2.65 bits per heavy atom. The first-order chi connectivity index (χ1) is 12.8. The number of halogens is 1. The molecule has 0 amide bonds. The summed E-state index contributed by atoms with van der Waals surface area (Å²) < 4.78 is 0. The van der Waals surface area contributed by atoms with E-state index in [0.717, 1.165) is 43.3 Å². The van der Waals surface area contributed by atoms with Gasteiger partial charge in [0.1, 0.15) is 5.82 Å². The summed E-state index contributed by atoms with van der Waals surface area (Å²) >= 11 is 5.92. The summed E-state index contributed by atoms with van der Waals surface area (Å²) in [5, 5.41) is 4.09. The number of nitrogens with zero attached hydrogens (tertiary/aromatic N) is 3. The van der Waals surface area contributed by atoms with E-state index in [4.69, 9.17) is 16.6 Å². The van der Waals surface area contributed by atoms with Gasteiger partial charge in [0.25, 0.3) is 0 Å². The Morgan fingerprint density at radius 1 is 1.00 bits per heavy atom. The smallest absolute Gasteiger partial charge is 0.224 e. The highest BCUT2D eigenvalue weighted by Gasteiger charge is 2.17. The van der Waals surface area contributed by atoms with Gasteiger partial charge in [-0.25, -0.2) is 4.98 Å². The van der Waals surface area contributed by atoms with E-state index >= 15 is 0 Å². The molecule has 4 nitrogen and oxygen atoms in total. The fourth-order valence-electron chi connectivity index (χ4n) is 3.27. The van der Waals surface area contributed by atoms with Crippen molar-refractivity contribution >= 4 is 23.4 Å². The van der Waals surface area contributed by atoms with Crippen molar-refractivity contribution in [3.8, 4) is 0 Å². The minimum Gasteiger partial charge on any atom is -0.354 e. The maximum absolute atomic E-state index is 5.92. The van der Waals surface area contributed by atoms with Crippen LogP contribution in [0.1, 0.15) is 16.7 Å². The molecule has 2 heterocycles. The average Bonchev–Trinajstić information content (AvgIpc) is 2.69. The predicted octanol–water partition coefficient (Wildman–Crippen LogP) is 4.35. The molecule has 5 heteroatoms. The van der Waals surface area contributed by atoms with Gasteiger partial charge in [0.15, 0.2) is 0 Å². The highest BCUT2D eigenvalue weighted by atomic mass is 35.5. The Balaban J connectivity index is 1.38. The van der Waals surface area contributed by atoms with Gasteiger partial charge in [-0.15, -0.1) is 0 Å². The average molecular weight is 365 g/mol. The third-order valence-electron chi connectivity index (χ3n) is 4.71. The molecule has 0 atom stereocenters. The molecule has 1 N–H and O–H groups in total. The fraction of sp³-hybridized carbons (Fsp3) is 0.238. The van der Waals surface area contributed by atoms with E-state index in [9.17, 15) is 0 Å². The van der Waals surface area contributed by atoms with E-state index in [1.54, 1.807) is 0 Å². The summed E-state index contributed by atoms with van der Waals surface area (Å²) in [4.78, 5) is 11.4. The maximum atomic E-state index is 5.92. The second-order valence-corrected chi connectivity index (χ2v) is 6.92. The van der Waals surface area contributed by atoms with Crippen LogP contribution in [0.5, 0.6) is 0 Å². The van der Waals surface area contributed by atoms with E-state index in [-0.39, 0.29) is 0 Å². The predicted molar refractivity (Wildman–Crippen MR) is 107 cm³/mol. The third-order valence-corrected chi connectivity index (χ3v) is 4.96. The van der Waals surface area contributed by atoms with Crippen LogP contribution in [0.4, 0.5) is 11.8 Å². The molecule has 0 radical (unpaired) electrons. The molecule has 1 aliphatic rings. The van der Waals surface area contributed by atoms with Crippen molar-refractivity contribution in [3.63, 3.8) is 0 Å². The first kappa shape index (κ1) is 16.9. The van der Waals surface area contributed by atoms with Crippen molar-refractivity contribution in [2.45, 2.75) is 19.4 Å². The molecule has 0 spiro atoms. The van der Waals surface area contributed by atoms with Crippen LogP contribution in [0.2, 0.25) is 5.02 Å². The van der Waals surface area contributed by atoms with Crippen molar-refractivity contribution in [1.82, 2.24) is 9.97 Å². The van der Waals surface area contributed by atoms with Gasteiger partial charge in [-0.1, -0.05) is 48.0 Å². The van der Waals surface area contributed by atoms with Crippen LogP contribution in [0.25, 0.3) is 0 Å². The summed E-state index contributed by atoms with van der Waals surface area (Å²) in [6.07, 6.45) is 3.79. The van der Waals surface area contributed by atoms with Crippen molar-refractivity contribution < 1.29 is 0 Å². The molecule has 3 aromatic rings. The van der Waals surface area contributed by atoms with Crippen molar-refractivity contribution in [2.75, 3.05) is 23.3 Å². The number of hydrogen-bond acceptors (Lipinski definition) is 4. The van der Waals surface area contributed by atoms with Gasteiger partial charge in [0.05, 0.1) is 0 Å². The SMILES string of the molecule is Clc1ccc(CCNc2nccc(N3CCc4ccccc4C3)n2)cc1. The number of fused-ring (bicyclic) bond motifs is 1. The zero-order valence-corrected chi connectivity index (χ0v) is 15.3. The van der Waals surface area contributed by atoms with Crippen LogP contribution in [-0.2, 0) is 19.4 Å². The lowest BCUT2D eigenvalue weighted by atomic mass is 10.00. The Hall–Kier alpha value is -2.59. The van der Waals surface area contributed by atoms with E-state index in [1.807, 2.05) is 36.5 Å². The van der Waals surface area contributed by atoms with E-state index in [0.29, 0.717) is 5.95 Å². The summed E-state index contributed by atoms with van der Waals surface area (Å²) in [6, 6.07) is 18.6. The molecule has 4 rings (SSSR count). The molecule has 0 saturated heterocycles. The third kappa shape index (κ3) is 3.97. The minimum absolute atomic E-state index is 0.676. The molecular weight excluding hydrogens is 344 g/mol. The minimum atomic E-state index is 0.676. The zero-order chi connectivity index (χ0) is 17.8. The number of benzene rings is 2. The molecule has 0 aliphatic carbocycles. The summed E-state index contributed by atoms with van der Waals surface area (Å²) in [6.45, 7) is 2.67. The summed E-state index contributed by atoms with van der Waals surface area (Å²) in [5.74, 6) is 1.65. The molecule has 2 aromatic carbocycles. The van der Waals surface area contributed by atoms with E-state index in [1.165, 1.54) is 16.7 Å². The molecule has 0 bridgehead atoms. The maximum Gasteiger partial charge on any atom is 0.224 e. The van der Waals surface area contributed by atoms with Crippen LogP contribution < -0.4 is 10.2 Å². The van der Waals surface area contributed by atoms with Crippen molar-refractivity contribution in [1.29, 1.82) is 0 Å². The molecule has 0 saturated carbocycles. The van der Waals surface area contributed by atoms with Gasteiger partial charge in [0.2, 0.25) is 5.95 Å². The number of rotatable bonds is 5. The van der Waals surface area contributed by atoms with E-state index in [2.05, 4.69) is 39.5 Å². The topological polar surface area (TPSA) is 41.1 Å². The molecule has 26 heavy (non-hydrogen) atoms. The second kappa shape index (κ2) is 7.75. The number of hydrogen-bond donors (Lipinski definition) is 1. The lowest BCUT2D eigenvalue weighted by Gasteiger charge is -2.29. The fourth-order valence-corrected chi connectivity index (χ4v) is 3.40. The highest BCUT2D eigenvalue weighted by molar-refractivity contribution is 6.30. The standard InChI is InChI=1S/C21H21ClN4/c22-19-7-5-16(6-8-19)9-12-23-21-24-13-10-20(25-21)26-14-11-17-3-1-2-4-18(17)15-26/h1-8,10,13H,9,11-12,14-15H2,(H,23,24,25).